The van der Waals surface area contributed by atoms with Gasteiger partial charge in [0.05, 0.1) is 13.2 Å². The normalized spacial score (nSPS) is 20.8. The van der Waals surface area contributed by atoms with Gasteiger partial charge in [-0.15, -0.1) is 0 Å². The number of amides is 1. The molecular formula is C17H24N2O3. The summed E-state index contributed by atoms with van der Waals surface area (Å²) < 4.78 is 11.3. The van der Waals surface area contributed by atoms with Crippen LogP contribution in [0, 0.1) is 0 Å². The maximum Gasteiger partial charge on any atom is 0.223 e. The van der Waals surface area contributed by atoms with Gasteiger partial charge in [-0.05, 0) is 37.0 Å². The van der Waals surface area contributed by atoms with E-state index in [1.165, 1.54) is 0 Å². The van der Waals surface area contributed by atoms with Crippen molar-refractivity contribution in [1.29, 1.82) is 0 Å². The van der Waals surface area contributed by atoms with E-state index in [-0.39, 0.29) is 11.9 Å². The highest BCUT2D eigenvalue weighted by Crippen LogP contribution is 2.31. The van der Waals surface area contributed by atoms with E-state index in [0.717, 1.165) is 49.3 Å². The molecule has 3 rings (SSSR count). The molecule has 1 saturated heterocycles. The maximum atomic E-state index is 12.3. The number of nitrogens with zero attached hydrogens (tertiary/aromatic N) is 1. The zero-order chi connectivity index (χ0) is 15.4. The van der Waals surface area contributed by atoms with Crippen LogP contribution in [0.1, 0.15) is 31.2 Å². The van der Waals surface area contributed by atoms with Gasteiger partial charge in [0.1, 0.15) is 0 Å². The number of hydrogen-bond acceptors (Lipinski definition) is 4. The number of benzene rings is 1. The Balaban J connectivity index is 1.59. The molecule has 120 valence electrons. The molecule has 1 aromatic carbocycles. The lowest BCUT2D eigenvalue weighted by atomic mass is 10.1. The molecule has 5 heteroatoms. The number of fused-ring (bicyclic) bond motifs is 1. The molecule has 22 heavy (non-hydrogen) atoms. The number of ether oxygens (including phenoxy) is 2. The molecule has 5 nitrogen and oxygen atoms in total. The topological polar surface area (TPSA) is 64.8 Å². The highest BCUT2D eigenvalue weighted by Gasteiger charge is 2.27. The standard InChI is InChI=1S/C17H24N2O3/c18-12-14-3-1-8-19(14)17(20)7-5-13-4-6-15-16(11-13)22-10-2-9-21-15/h4,6,11,14H,1-3,5,7-10,12,18H2/t14-/m0/s1. The summed E-state index contributed by atoms with van der Waals surface area (Å²) in [7, 11) is 0. The van der Waals surface area contributed by atoms with Crippen molar-refractivity contribution in [3.63, 3.8) is 0 Å². The maximum absolute atomic E-state index is 12.3. The first-order valence-corrected chi connectivity index (χ1v) is 8.16. The van der Waals surface area contributed by atoms with Crippen LogP contribution in [-0.2, 0) is 11.2 Å². The second-order valence-corrected chi connectivity index (χ2v) is 5.95. The minimum absolute atomic E-state index is 0.208. The van der Waals surface area contributed by atoms with Gasteiger partial charge in [-0.2, -0.15) is 0 Å². The number of aryl methyl sites for hydroxylation is 1. The molecular weight excluding hydrogens is 280 g/mol. The number of carbonyl (C=O) groups excluding carboxylic acids is 1. The summed E-state index contributed by atoms with van der Waals surface area (Å²) >= 11 is 0. The summed E-state index contributed by atoms with van der Waals surface area (Å²) in [6.07, 6.45) is 4.25. The third kappa shape index (κ3) is 3.35. The molecule has 0 radical (unpaired) electrons. The van der Waals surface area contributed by atoms with Crippen molar-refractivity contribution in [2.75, 3.05) is 26.3 Å². The van der Waals surface area contributed by atoms with E-state index >= 15 is 0 Å². The molecule has 0 aromatic heterocycles. The van der Waals surface area contributed by atoms with Crippen LogP contribution in [0.4, 0.5) is 0 Å². The van der Waals surface area contributed by atoms with E-state index < -0.39 is 0 Å². The van der Waals surface area contributed by atoms with E-state index in [1.54, 1.807) is 0 Å². The molecule has 2 N–H and O–H groups in total. The van der Waals surface area contributed by atoms with Crippen molar-refractivity contribution in [3.05, 3.63) is 23.8 Å². The third-order valence-electron chi connectivity index (χ3n) is 4.41. The number of likely N-dealkylation sites (tertiary alicyclic amines) is 1. The minimum atomic E-state index is 0.208. The average molecular weight is 304 g/mol. The molecule has 1 amide bonds. The summed E-state index contributed by atoms with van der Waals surface area (Å²) in [5.41, 5.74) is 6.85. The molecule has 0 spiro atoms. The molecule has 2 aliphatic heterocycles. The zero-order valence-electron chi connectivity index (χ0n) is 12.9. The Morgan fingerprint density at radius 3 is 2.86 bits per heavy atom. The molecule has 1 aromatic rings. The summed E-state index contributed by atoms with van der Waals surface area (Å²) in [4.78, 5) is 14.3. The Kier molecular flexibility index (Phi) is 4.83. The van der Waals surface area contributed by atoms with Crippen LogP contribution < -0.4 is 15.2 Å². The van der Waals surface area contributed by atoms with Crippen LogP contribution in [-0.4, -0.2) is 43.2 Å². The first kappa shape index (κ1) is 15.2. The van der Waals surface area contributed by atoms with E-state index in [9.17, 15) is 4.79 Å². The minimum Gasteiger partial charge on any atom is -0.490 e. The van der Waals surface area contributed by atoms with Gasteiger partial charge < -0.3 is 20.1 Å². The third-order valence-corrected chi connectivity index (χ3v) is 4.41. The second-order valence-electron chi connectivity index (χ2n) is 5.95. The largest absolute Gasteiger partial charge is 0.490 e. The monoisotopic (exact) mass is 304 g/mol. The van der Waals surface area contributed by atoms with Gasteiger partial charge in [-0.1, -0.05) is 6.07 Å². The molecule has 2 aliphatic rings. The van der Waals surface area contributed by atoms with Crippen molar-refractivity contribution >= 4 is 5.91 Å². The van der Waals surface area contributed by atoms with Gasteiger partial charge in [-0.3, -0.25) is 4.79 Å². The predicted octanol–water partition coefficient (Wildman–Crippen LogP) is 1.73. The van der Waals surface area contributed by atoms with Crippen molar-refractivity contribution in [3.8, 4) is 11.5 Å². The lowest BCUT2D eigenvalue weighted by molar-refractivity contribution is -0.131. The van der Waals surface area contributed by atoms with Gasteiger partial charge in [0.15, 0.2) is 11.5 Å². The fourth-order valence-corrected chi connectivity index (χ4v) is 3.17. The van der Waals surface area contributed by atoms with E-state index in [4.69, 9.17) is 15.2 Å². The van der Waals surface area contributed by atoms with Crippen molar-refractivity contribution in [2.45, 2.75) is 38.1 Å². The van der Waals surface area contributed by atoms with E-state index in [2.05, 4.69) is 0 Å². The van der Waals surface area contributed by atoms with Crippen LogP contribution in [0.15, 0.2) is 18.2 Å². The van der Waals surface area contributed by atoms with Crippen LogP contribution in [0.5, 0.6) is 11.5 Å². The van der Waals surface area contributed by atoms with Crippen LogP contribution in [0.25, 0.3) is 0 Å². The smallest absolute Gasteiger partial charge is 0.223 e. The second kappa shape index (κ2) is 7.01. The van der Waals surface area contributed by atoms with Crippen molar-refractivity contribution in [2.24, 2.45) is 5.73 Å². The SMILES string of the molecule is NC[C@@H]1CCCN1C(=O)CCc1ccc2c(c1)OCCCO2. The first-order valence-electron chi connectivity index (χ1n) is 8.16. The number of rotatable bonds is 4. The van der Waals surface area contributed by atoms with Crippen molar-refractivity contribution in [1.82, 2.24) is 4.90 Å². The lowest BCUT2D eigenvalue weighted by Crippen LogP contribution is -2.39. The fourth-order valence-electron chi connectivity index (χ4n) is 3.17. The Morgan fingerprint density at radius 1 is 1.23 bits per heavy atom. The Hall–Kier alpha value is -1.75. The Labute approximate surface area is 131 Å². The molecule has 0 saturated carbocycles. The van der Waals surface area contributed by atoms with Gasteiger partial charge in [0, 0.05) is 32.0 Å². The molecule has 1 fully saturated rings. The highest BCUT2D eigenvalue weighted by molar-refractivity contribution is 5.77. The van der Waals surface area contributed by atoms with E-state index in [1.807, 2.05) is 23.1 Å². The average Bonchev–Trinajstić information content (AvgIpc) is 2.90. The number of carbonyl (C=O) groups is 1. The number of nitrogens with two attached hydrogens (primary N) is 1. The fraction of sp³-hybridized carbons (Fsp3) is 0.588. The summed E-state index contributed by atoms with van der Waals surface area (Å²) in [5, 5.41) is 0. The molecule has 0 bridgehead atoms. The summed E-state index contributed by atoms with van der Waals surface area (Å²) in [6, 6.07) is 6.19. The van der Waals surface area contributed by atoms with Gasteiger partial charge in [0.25, 0.3) is 0 Å². The Morgan fingerprint density at radius 2 is 2.05 bits per heavy atom. The van der Waals surface area contributed by atoms with E-state index in [0.29, 0.717) is 26.2 Å². The van der Waals surface area contributed by atoms with Gasteiger partial charge >= 0.3 is 0 Å². The lowest BCUT2D eigenvalue weighted by Gasteiger charge is -2.23. The Bertz CT molecular complexity index is 533. The number of hydrogen-bond donors (Lipinski definition) is 1. The van der Waals surface area contributed by atoms with Crippen molar-refractivity contribution < 1.29 is 14.3 Å². The first-order chi connectivity index (χ1) is 10.8. The van der Waals surface area contributed by atoms with Gasteiger partial charge in [-0.25, -0.2) is 0 Å². The summed E-state index contributed by atoms with van der Waals surface area (Å²) in [5.74, 6) is 1.80. The molecule has 2 heterocycles. The van der Waals surface area contributed by atoms with Crippen LogP contribution >= 0.6 is 0 Å². The quantitative estimate of drug-likeness (QED) is 0.920. The predicted molar refractivity (Wildman–Crippen MR) is 84.2 cm³/mol. The molecule has 0 unspecified atom stereocenters. The van der Waals surface area contributed by atoms with Crippen LogP contribution in [0.2, 0.25) is 0 Å². The molecule has 1 atom stereocenters. The van der Waals surface area contributed by atoms with Gasteiger partial charge in [0.2, 0.25) is 5.91 Å². The summed E-state index contributed by atoms with van der Waals surface area (Å²) in [6.45, 7) is 2.79. The zero-order valence-corrected chi connectivity index (χ0v) is 12.9. The van der Waals surface area contributed by atoms with Crippen LogP contribution in [0.3, 0.4) is 0 Å². The molecule has 0 aliphatic carbocycles. The highest BCUT2D eigenvalue weighted by atomic mass is 16.5.